The van der Waals surface area contributed by atoms with Gasteiger partial charge in [0.25, 0.3) is 12.1 Å². The third-order valence-electron chi connectivity index (χ3n) is 1.94. The Bertz CT molecular complexity index is 493. The van der Waals surface area contributed by atoms with Crippen LogP contribution >= 0.6 is 0 Å². The van der Waals surface area contributed by atoms with Gasteiger partial charge in [0.05, 0.1) is 17.6 Å². The van der Waals surface area contributed by atoms with Gasteiger partial charge >= 0.3 is 5.97 Å². The molecule has 0 amide bonds. The zero-order valence-corrected chi connectivity index (χ0v) is 9.22. The van der Waals surface area contributed by atoms with Crippen LogP contribution in [0.5, 0.6) is 0 Å². The molecule has 9 heteroatoms. The van der Waals surface area contributed by atoms with Crippen molar-refractivity contribution in [3.8, 4) is 0 Å². The summed E-state index contributed by atoms with van der Waals surface area (Å²) in [5, 5.41) is 10.6. The van der Waals surface area contributed by atoms with E-state index in [9.17, 15) is 23.7 Å². The molecule has 18 heavy (non-hydrogen) atoms. The van der Waals surface area contributed by atoms with Crippen LogP contribution in [0.15, 0.2) is 6.07 Å². The summed E-state index contributed by atoms with van der Waals surface area (Å²) in [6.45, 7) is 1.38. The van der Waals surface area contributed by atoms with Crippen molar-refractivity contribution in [1.82, 2.24) is 4.98 Å². The lowest BCUT2D eigenvalue weighted by Crippen LogP contribution is -2.14. The zero-order valence-electron chi connectivity index (χ0n) is 9.22. The van der Waals surface area contributed by atoms with Crippen LogP contribution in [0, 0.1) is 10.1 Å². The molecule has 1 rings (SSSR count). The van der Waals surface area contributed by atoms with Crippen LogP contribution in [0.25, 0.3) is 0 Å². The minimum Gasteiger partial charge on any atom is -0.461 e. The molecule has 1 heterocycles. The zero-order chi connectivity index (χ0) is 13.9. The first-order chi connectivity index (χ1) is 8.38. The molecule has 98 valence electrons. The Balaban J connectivity index is 3.48. The first-order valence-corrected chi connectivity index (χ1v) is 4.78. The fraction of sp³-hybridized carbons (Fsp3) is 0.333. The van der Waals surface area contributed by atoms with Crippen molar-refractivity contribution >= 4 is 17.5 Å². The monoisotopic (exact) mass is 261 g/mol. The smallest absolute Gasteiger partial charge is 0.357 e. The molecule has 0 saturated heterocycles. The summed E-state index contributed by atoms with van der Waals surface area (Å²) in [6, 6.07) is 0.671. The molecule has 0 aliphatic heterocycles. The Labute approximate surface area is 99.7 Å². The maximum atomic E-state index is 12.8. The Morgan fingerprint density at radius 2 is 2.28 bits per heavy atom. The predicted octanol–water partition coefficient (Wildman–Crippen LogP) is 1.69. The number of ether oxygens (including phenoxy) is 1. The van der Waals surface area contributed by atoms with Crippen molar-refractivity contribution in [2.75, 3.05) is 12.3 Å². The van der Waals surface area contributed by atoms with Gasteiger partial charge in [-0.25, -0.2) is 18.6 Å². The van der Waals surface area contributed by atoms with Crippen LogP contribution in [0.3, 0.4) is 0 Å². The second-order valence-electron chi connectivity index (χ2n) is 3.11. The Hall–Kier alpha value is -2.32. The molecule has 1 aromatic heterocycles. The van der Waals surface area contributed by atoms with E-state index in [1.165, 1.54) is 6.92 Å². The fourth-order valence-electron chi connectivity index (χ4n) is 1.28. The van der Waals surface area contributed by atoms with Crippen LogP contribution in [0.2, 0.25) is 0 Å². The molecular weight excluding hydrogens is 252 g/mol. The van der Waals surface area contributed by atoms with E-state index in [4.69, 9.17) is 5.73 Å². The first-order valence-electron chi connectivity index (χ1n) is 4.78. The average Bonchev–Trinajstić information content (AvgIpc) is 2.27. The molecule has 0 spiro atoms. The van der Waals surface area contributed by atoms with E-state index in [2.05, 4.69) is 9.72 Å². The molecule has 0 bridgehead atoms. The van der Waals surface area contributed by atoms with Crippen molar-refractivity contribution in [2.24, 2.45) is 0 Å². The Morgan fingerprint density at radius 3 is 2.72 bits per heavy atom. The van der Waals surface area contributed by atoms with Gasteiger partial charge in [-0.3, -0.25) is 10.1 Å². The number of pyridine rings is 1. The van der Waals surface area contributed by atoms with E-state index >= 15 is 0 Å². The van der Waals surface area contributed by atoms with Gasteiger partial charge in [-0.2, -0.15) is 0 Å². The number of carbonyl (C=O) groups excluding carboxylic acids is 1. The van der Waals surface area contributed by atoms with Gasteiger partial charge in [0.15, 0.2) is 5.69 Å². The third kappa shape index (κ3) is 2.67. The van der Waals surface area contributed by atoms with E-state index in [1.807, 2.05) is 0 Å². The third-order valence-corrected chi connectivity index (χ3v) is 1.94. The Kier molecular flexibility index (Phi) is 4.08. The highest BCUT2D eigenvalue weighted by Crippen LogP contribution is 2.32. The van der Waals surface area contributed by atoms with Crippen LogP contribution in [0.4, 0.5) is 20.3 Å². The topological polar surface area (TPSA) is 108 Å². The lowest BCUT2D eigenvalue weighted by atomic mass is 10.1. The molecule has 0 radical (unpaired) electrons. The minimum atomic E-state index is -3.24. The van der Waals surface area contributed by atoms with Gasteiger partial charge in [-0.1, -0.05) is 0 Å². The lowest BCUT2D eigenvalue weighted by molar-refractivity contribution is -0.386. The van der Waals surface area contributed by atoms with E-state index in [0.717, 1.165) is 0 Å². The molecular formula is C9H9F2N3O4. The molecule has 0 fully saturated rings. The summed E-state index contributed by atoms with van der Waals surface area (Å²) in [5.74, 6) is -1.59. The number of rotatable bonds is 4. The average molecular weight is 261 g/mol. The highest BCUT2D eigenvalue weighted by atomic mass is 19.3. The summed E-state index contributed by atoms with van der Waals surface area (Å²) in [4.78, 5) is 24.4. The first kappa shape index (κ1) is 13.7. The summed E-state index contributed by atoms with van der Waals surface area (Å²) in [7, 11) is 0. The van der Waals surface area contributed by atoms with E-state index in [0.29, 0.717) is 6.07 Å². The number of hydrogen-bond acceptors (Lipinski definition) is 6. The van der Waals surface area contributed by atoms with Crippen molar-refractivity contribution in [3.63, 3.8) is 0 Å². The van der Waals surface area contributed by atoms with Crippen LogP contribution in [0.1, 0.15) is 29.4 Å². The Morgan fingerprint density at radius 1 is 1.67 bits per heavy atom. The number of nitrogen functional groups attached to an aromatic ring is 1. The predicted molar refractivity (Wildman–Crippen MR) is 56.2 cm³/mol. The highest BCUT2D eigenvalue weighted by molar-refractivity contribution is 5.91. The number of anilines is 1. The second kappa shape index (κ2) is 5.34. The molecule has 0 aromatic carbocycles. The lowest BCUT2D eigenvalue weighted by Gasteiger charge is -2.08. The summed E-state index contributed by atoms with van der Waals surface area (Å²) >= 11 is 0. The number of halogens is 2. The second-order valence-corrected chi connectivity index (χ2v) is 3.11. The standard InChI is InChI=1S/C9H9F2N3O4/c1-2-18-9(15)7-6(8(10)11)4(14(16)17)3-5(12)13-7/h3,8H,2H2,1H3,(H2,12,13). The SMILES string of the molecule is CCOC(=O)c1nc(N)cc([N+](=O)[O-])c1C(F)F. The molecule has 2 N–H and O–H groups in total. The van der Waals surface area contributed by atoms with Gasteiger partial charge in [0, 0.05) is 0 Å². The van der Waals surface area contributed by atoms with Crippen LogP contribution in [-0.2, 0) is 4.74 Å². The molecule has 0 atom stereocenters. The van der Waals surface area contributed by atoms with Gasteiger partial charge < -0.3 is 10.5 Å². The maximum Gasteiger partial charge on any atom is 0.357 e. The van der Waals surface area contributed by atoms with E-state index in [-0.39, 0.29) is 6.61 Å². The molecule has 0 saturated carbocycles. The molecule has 7 nitrogen and oxygen atoms in total. The number of nitro groups is 1. The summed E-state index contributed by atoms with van der Waals surface area (Å²) < 4.78 is 30.1. The fourth-order valence-corrected chi connectivity index (χ4v) is 1.28. The summed E-state index contributed by atoms with van der Waals surface area (Å²) in [5.41, 5.74) is 2.35. The quantitative estimate of drug-likeness (QED) is 0.501. The number of alkyl halides is 2. The maximum absolute atomic E-state index is 12.8. The van der Waals surface area contributed by atoms with Crippen molar-refractivity contribution < 1.29 is 23.2 Å². The van der Waals surface area contributed by atoms with E-state index in [1.54, 1.807) is 0 Å². The van der Waals surface area contributed by atoms with Gasteiger partial charge in [0.1, 0.15) is 11.4 Å². The number of esters is 1. The molecule has 0 aliphatic carbocycles. The van der Waals surface area contributed by atoms with Gasteiger partial charge in [0.2, 0.25) is 0 Å². The normalized spacial score (nSPS) is 10.4. The number of hydrogen-bond donors (Lipinski definition) is 1. The van der Waals surface area contributed by atoms with E-state index < -0.39 is 40.1 Å². The van der Waals surface area contributed by atoms with Gasteiger partial charge in [-0.15, -0.1) is 0 Å². The minimum absolute atomic E-state index is 0.0776. The molecule has 0 unspecified atom stereocenters. The van der Waals surface area contributed by atoms with Gasteiger partial charge in [-0.05, 0) is 6.92 Å². The number of nitrogens with two attached hydrogens (primary N) is 1. The van der Waals surface area contributed by atoms with Crippen molar-refractivity contribution in [1.29, 1.82) is 0 Å². The van der Waals surface area contributed by atoms with Crippen molar-refractivity contribution in [3.05, 3.63) is 27.4 Å². The van der Waals surface area contributed by atoms with Crippen LogP contribution in [-0.4, -0.2) is 22.5 Å². The number of carbonyl (C=O) groups is 1. The molecule has 1 aromatic rings. The molecule has 0 aliphatic rings. The number of nitrogens with zero attached hydrogens (tertiary/aromatic N) is 2. The van der Waals surface area contributed by atoms with Crippen LogP contribution < -0.4 is 5.73 Å². The largest absolute Gasteiger partial charge is 0.461 e. The van der Waals surface area contributed by atoms with Crippen molar-refractivity contribution in [2.45, 2.75) is 13.3 Å². The highest BCUT2D eigenvalue weighted by Gasteiger charge is 2.31. The number of aromatic nitrogens is 1. The summed E-state index contributed by atoms with van der Waals surface area (Å²) in [6.07, 6.45) is -3.24.